The number of hydrogen-bond acceptors (Lipinski definition) is 3. The molecule has 0 saturated carbocycles. The van der Waals surface area contributed by atoms with Crippen LogP contribution in [0, 0.1) is 6.92 Å². The van der Waals surface area contributed by atoms with Gasteiger partial charge in [0.1, 0.15) is 0 Å². The summed E-state index contributed by atoms with van der Waals surface area (Å²) in [6.07, 6.45) is 0. The summed E-state index contributed by atoms with van der Waals surface area (Å²) in [5.41, 5.74) is 0. The summed E-state index contributed by atoms with van der Waals surface area (Å²) in [4.78, 5) is 20.2. The molecule has 0 aliphatic carbocycles. The lowest BCUT2D eigenvalue weighted by atomic mass is 10.5. The molecule has 0 aliphatic heterocycles. The Bertz CT molecular complexity index is 106. The SMILES string of the molecule is [CH2]COC(=O)C(C)=O. The molecule has 0 rings (SSSR count). The van der Waals surface area contributed by atoms with E-state index >= 15 is 0 Å². The van der Waals surface area contributed by atoms with Crippen molar-refractivity contribution < 1.29 is 14.3 Å². The highest BCUT2D eigenvalue weighted by Crippen LogP contribution is 1.76. The molecule has 1 radical (unpaired) electrons. The van der Waals surface area contributed by atoms with Crippen molar-refractivity contribution in [2.24, 2.45) is 0 Å². The van der Waals surface area contributed by atoms with Gasteiger partial charge in [-0.1, -0.05) is 0 Å². The van der Waals surface area contributed by atoms with Crippen LogP contribution in [0.3, 0.4) is 0 Å². The first kappa shape index (κ1) is 7.14. The van der Waals surface area contributed by atoms with Gasteiger partial charge in [0.2, 0.25) is 5.78 Å². The van der Waals surface area contributed by atoms with Crippen LogP contribution in [-0.4, -0.2) is 18.4 Å². The van der Waals surface area contributed by atoms with Crippen molar-refractivity contribution in [1.82, 2.24) is 0 Å². The van der Waals surface area contributed by atoms with E-state index in [2.05, 4.69) is 11.7 Å². The molecular weight excluding hydrogens is 108 g/mol. The fourth-order valence-electron chi connectivity index (χ4n) is 0.194. The number of ketones is 1. The van der Waals surface area contributed by atoms with Crippen LogP contribution in [0.2, 0.25) is 0 Å². The molecule has 0 aromatic carbocycles. The van der Waals surface area contributed by atoms with Gasteiger partial charge in [0.15, 0.2) is 0 Å². The summed E-state index contributed by atoms with van der Waals surface area (Å²) >= 11 is 0. The topological polar surface area (TPSA) is 43.4 Å². The minimum atomic E-state index is -0.819. The molecule has 3 nitrogen and oxygen atoms in total. The Morgan fingerprint density at radius 3 is 2.25 bits per heavy atom. The van der Waals surface area contributed by atoms with Gasteiger partial charge in [0.05, 0.1) is 6.61 Å². The highest BCUT2D eigenvalue weighted by molar-refractivity contribution is 6.32. The van der Waals surface area contributed by atoms with Gasteiger partial charge in [-0.3, -0.25) is 4.79 Å². The molecule has 3 heteroatoms. The van der Waals surface area contributed by atoms with E-state index in [9.17, 15) is 9.59 Å². The Morgan fingerprint density at radius 2 is 2.12 bits per heavy atom. The maximum Gasteiger partial charge on any atom is 0.374 e. The van der Waals surface area contributed by atoms with Crippen molar-refractivity contribution in [2.75, 3.05) is 6.61 Å². The summed E-state index contributed by atoms with van der Waals surface area (Å²) in [5.74, 6) is -1.41. The molecule has 0 bridgehead atoms. The normalized spacial score (nSPS) is 8.25. The van der Waals surface area contributed by atoms with E-state index in [1.54, 1.807) is 0 Å². The molecule has 45 valence electrons. The number of carbonyl (C=O) groups is 2. The minimum Gasteiger partial charge on any atom is -0.460 e. The van der Waals surface area contributed by atoms with Gasteiger partial charge >= 0.3 is 5.97 Å². The maximum absolute atomic E-state index is 10.1. The van der Waals surface area contributed by atoms with Crippen molar-refractivity contribution in [3.8, 4) is 0 Å². The van der Waals surface area contributed by atoms with Crippen molar-refractivity contribution >= 4 is 11.8 Å². The monoisotopic (exact) mass is 115 g/mol. The fourth-order valence-corrected chi connectivity index (χ4v) is 0.194. The average Bonchev–Trinajstić information content (AvgIpc) is 1.67. The van der Waals surface area contributed by atoms with E-state index in [0.717, 1.165) is 6.92 Å². The van der Waals surface area contributed by atoms with Gasteiger partial charge < -0.3 is 4.74 Å². The predicted octanol–water partition coefficient (Wildman–Crippen LogP) is -0.0473. The summed E-state index contributed by atoms with van der Waals surface area (Å²) in [5, 5.41) is 0. The first-order valence-electron chi connectivity index (χ1n) is 2.15. The van der Waals surface area contributed by atoms with Gasteiger partial charge in [-0.25, -0.2) is 4.79 Å². The van der Waals surface area contributed by atoms with Crippen molar-refractivity contribution in [2.45, 2.75) is 6.92 Å². The summed E-state index contributed by atoms with van der Waals surface area (Å²) in [6, 6.07) is 0. The number of Topliss-reactive ketones (excluding diaryl/α,β-unsaturated/α-hetero) is 1. The highest BCUT2D eigenvalue weighted by atomic mass is 16.5. The number of rotatable bonds is 2. The first-order valence-corrected chi connectivity index (χ1v) is 2.15. The lowest BCUT2D eigenvalue weighted by Crippen LogP contribution is -2.12. The summed E-state index contributed by atoms with van der Waals surface area (Å²) < 4.78 is 4.20. The Balaban J connectivity index is 3.49. The van der Waals surface area contributed by atoms with Crippen LogP contribution in [-0.2, 0) is 14.3 Å². The summed E-state index contributed by atoms with van der Waals surface area (Å²) in [7, 11) is 0. The maximum atomic E-state index is 10.1. The third kappa shape index (κ3) is 2.34. The van der Waals surface area contributed by atoms with E-state index in [1.807, 2.05) is 0 Å². The number of carbonyl (C=O) groups excluding carboxylic acids is 2. The van der Waals surface area contributed by atoms with Gasteiger partial charge in [-0.2, -0.15) is 0 Å². The zero-order valence-electron chi connectivity index (χ0n) is 4.64. The van der Waals surface area contributed by atoms with Crippen LogP contribution in [0.4, 0.5) is 0 Å². The second-order valence-electron chi connectivity index (χ2n) is 1.19. The molecule has 0 heterocycles. The molecule has 8 heavy (non-hydrogen) atoms. The first-order chi connectivity index (χ1) is 3.68. The predicted molar refractivity (Wildman–Crippen MR) is 27.0 cm³/mol. The lowest BCUT2D eigenvalue weighted by molar-refractivity contribution is -0.152. The van der Waals surface area contributed by atoms with Crippen LogP contribution >= 0.6 is 0 Å². The van der Waals surface area contributed by atoms with Crippen molar-refractivity contribution in [3.63, 3.8) is 0 Å². The van der Waals surface area contributed by atoms with Gasteiger partial charge in [0.25, 0.3) is 0 Å². The van der Waals surface area contributed by atoms with Crippen LogP contribution < -0.4 is 0 Å². The van der Waals surface area contributed by atoms with E-state index in [-0.39, 0.29) is 6.61 Å². The number of ether oxygens (including phenoxy) is 1. The minimum absolute atomic E-state index is 0.0123. The van der Waals surface area contributed by atoms with Gasteiger partial charge in [0, 0.05) is 6.92 Å². The number of esters is 1. The Hall–Kier alpha value is -0.860. The molecule has 0 saturated heterocycles. The van der Waals surface area contributed by atoms with E-state index in [4.69, 9.17) is 0 Å². The molecule has 0 atom stereocenters. The zero-order chi connectivity index (χ0) is 6.57. The molecule has 0 N–H and O–H groups in total. The molecule has 0 amide bonds. The zero-order valence-corrected chi connectivity index (χ0v) is 4.64. The van der Waals surface area contributed by atoms with Crippen LogP contribution in [0.25, 0.3) is 0 Å². The van der Waals surface area contributed by atoms with E-state index < -0.39 is 11.8 Å². The molecule has 0 fully saturated rings. The second-order valence-corrected chi connectivity index (χ2v) is 1.19. The molecule has 0 aromatic heterocycles. The number of hydrogen-bond donors (Lipinski definition) is 0. The van der Waals surface area contributed by atoms with Crippen LogP contribution in [0.5, 0.6) is 0 Å². The van der Waals surface area contributed by atoms with Crippen molar-refractivity contribution in [3.05, 3.63) is 6.92 Å². The largest absolute Gasteiger partial charge is 0.460 e. The molecule has 0 unspecified atom stereocenters. The lowest BCUT2D eigenvalue weighted by Gasteiger charge is -1.92. The Kier molecular flexibility index (Phi) is 2.84. The van der Waals surface area contributed by atoms with Gasteiger partial charge in [-0.15, -0.1) is 0 Å². The molecular formula is C5H7O3. The smallest absolute Gasteiger partial charge is 0.374 e. The third-order valence-corrected chi connectivity index (χ3v) is 0.521. The van der Waals surface area contributed by atoms with E-state index in [1.165, 1.54) is 0 Å². The third-order valence-electron chi connectivity index (χ3n) is 0.521. The quantitative estimate of drug-likeness (QED) is 0.374. The van der Waals surface area contributed by atoms with Crippen LogP contribution in [0.1, 0.15) is 6.92 Å². The standard InChI is InChI=1S/C5H7O3/c1-3-8-5(7)4(2)6/h1,3H2,2H3. The van der Waals surface area contributed by atoms with Gasteiger partial charge in [-0.05, 0) is 6.92 Å². The molecule has 0 aromatic rings. The van der Waals surface area contributed by atoms with E-state index in [0.29, 0.717) is 0 Å². The Labute approximate surface area is 47.6 Å². The highest BCUT2D eigenvalue weighted by Gasteiger charge is 2.05. The average molecular weight is 115 g/mol. The molecule has 0 aliphatic rings. The Morgan fingerprint density at radius 1 is 1.62 bits per heavy atom. The molecule has 0 spiro atoms. The van der Waals surface area contributed by atoms with Crippen LogP contribution in [0.15, 0.2) is 0 Å². The van der Waals surface area contributed by atoms with Crippen molar-refractivity contribution in [1.29, 1.82) is 0 Å². The fraction of sp³-hybridized carbons (Fsp3) is 0.400. The second kappa shape index (κ2) is 3.18. The summed E-state index contributed by atoms with van der Waals surface area (Å²) in [6.45, 7) is 4.38.